The molecule has 0 aliphatic rings. The van der Waals surface area contributed by atoms with Gasteiger partial charge in [-0.1, -0.05) is 6.92 Å². The van der Waals surface area contributed by atoms with E-state index in [4.69, 9.17) is 0 Å². The first-order valence-corrected chi connectivity index (χ1v) is 7.41. The van der Waals surface area contributed by atoms with Crippen molar-refractivity contribution < 1.29 is 4.79 Å². The Morgan fingerprint density at radius 2 is 2.18 bits per heavy atom. The minimum Gasteiger partial charge on any atom is -0.352 e. The van der Waals surface area contributed by atoms with Crippen LogP contribution in [0.25, 0.3) is 0 Å². The highest BCUT2D eigenvalue weighted by atomic mass is 79.9. The van der Waals surface area contributed by atoms with Crippen LogP contribution in [0, 0.1) is 0 Å². The normalized spacial score (nSPS) is 14.4. The molecular weight excluding hydrogens is 300 g/mol. The van der Waals surface area contributed by atoms with Crippen LogP contribution in [0.1, 0.15) is 32.1 Å². The summed E-state index contributed by atoms with van der Waals surface area (Å²) in [4.78, 5) is 13.0. The van der Waals surface area contributed by atoms with Gasteiger partial charge in [-0.2, -0.15) is 0 Å². The molecule has 0 aromatic carbocycles. The van der Waals surface area contributed by atoms with Crippen LogP contribution >= 0.6 is 27.3 Å². The van der Waals surface area contributed by atoms with Crippen molar-refractivity contribution >= 4 is 33.2 Å². The number of amides is 1. The minimum atomic E-state index is -0.162. The van der Waals surface area contributed by atoms with Gasteiger partial charge in [0, 0.05) is 17.5 Å². The third-order valence-electron chi connectivity index (χ3n) is 2.61. The Balaban J connectivity index is 2.33. The van der Waals surface area contributed by atoms with E-state index >= 15 is 0 Å². The number of carbonyl (C=O) groups excluding carboxylic acids is 1. The Morgan fingerprint density at radius 1 is 1.47 bits per heavy atom. The van der Waals surface area contributed by atoms with Gasteiger partial charge >= 0.3 is 0 Å². The van der Waals surface area contributed by atoms with E-state index in [1.165, 1.54) is 4.88 Å². The maximum atomic E-state index is 11.8. The number of halogens is 1. The molecule has 0 bridgehead atoms. The van der Waals surface area contributed by atoms with Gasteiger partial charge in [0.05, 0.1) is 9.83 Å². The summed E-state index contributed by atoms with van der Waals surface area (Å²) < 4.78 is 1.12. The second-order valence-corrected chi connectivity index (χ2v) is 6.67. The van der Waals surface area contributed by atoms with E-state index in [1.54, 1.807) is 11.3 Å². The fraction of sp³-hybridized carbons (Fsp3) is 0.583. The van der Waals surface area contributed by atoms with Gasteiger partial charge in [-0.15, -0.1) is 11.3 Å². The van der Waals surface area contributed by atoms with E-state index in [9.17, 15) is 4.79 Å². The summed E-state index contributed by atoms with van der Waals surface area (Å²) in [5.41, 5.74) is 0. The van der Waals surface area contributed by atoms with Crippen LogP contribution in [0.2, 0.25) is 0 Å². The molecule has 0 saturated heterocycles. The van der Waals surface area contributed by atoms with Gasteiger partial charge < -0.3 is 10.6 Å². The summed E-state index contributed by atoms with van der Waals surface area (Å²) in [6.07, 6.45) is 0.955. The van der Waals surface area contributed by atoms with Crippen LogP contribution in [0.4, 0.5) is 0 Å². The Morgan fingerprint density at radius 3 is 2.71 bits per heavy atom. The first-order chi connectivity index (χ1) is 8.02. The lowest BCUT2D eigenvalue weighted by Gasteiger charge is -2.17. The highest BCUT2D eigenvalue weighted by Gasteiger charge is 2.13. The van der Waals surface area contributed by atoms with Crippen LogP contribution in [-0.4, -0.2) is 18.0 Å². The predicted molar refractivity (Wildman–Crippen MR) is 76.2 cm³/mol. The largest absolute Gasteiger partial charge is 0.352 e. The molecule has 1 heterocycles. The molecule has 0 radical (unpaired) electrons. The zero-order valence-electron chi connectivity index (χ0n) is 10.4. The van der Waals surface area contributed by atoms with Gasteiger partial charge in [-0.05, 0) is 48.3 Å². The molecule has 0 aliphatic carbocycles. The topological polar surface area (TPSA) is 41.1 Å². The van der Waals surface area contributed by atoms with Crippen LogP contribution in [0.3, 0.4) is 0 Å². The second kappa shape index (κ2) is 7.13. The van der Waals surface area contributed by atoms with Crippen LogP contribution in [-0.2, 0) is 11.3 Å². The minimum absolute atomic E-state index is 0.0648. The molecule has 1 amide bonds. The number of hydrogen-bond acceptors (Lipinski definition) is 3. The molecule has 2 atom stereocenters. The van der Waals surface area contributed by atoms with Gasteiger partial charge in [0.25, 0.3) is 0 Å². The van der Waals surface area contributed by atoms with E-state index in [0.29, 0.717) is 0 Å². The van der Waals surface area contributed by atoms with E-state index in [-0.39, 0.29) is 18.0 Å². The predicted octanol–water partition coefficient (Wildman–Crippen LogP) is 2.90. The molecule has 1 aromatic rings. The van der Waals surface area contributed by atoms with Crippen molar-refractivity contribution in [3.63, 3.8) is 0 Å². The van der Waals surface area contributed by atoms with E-state index in [0.717, 1.165) is 16.8 Å². The van der Waals surface area contributed by atoms with Crippen LogP contribution in [0.15, 0.2) is 15.9 Å². The molecule has 96 valence electrons. The van der Waals surface area contributed by atoms with Crippen LogP contribution < -0.4 is 10.6 Å². The molecule has 0 fully saturated rings. The maximum absolute atomic E-state index is 11.8. The average molecular weight is 319 g/mol. The molecule has 2 unspecified atom stereocenters. The maximum Gasteiger partial charge on any atom is 0.237 e. The fourth-order valence-electron chi connectivity index (χ4n) is 1.26. The standard InChI is InChI=1S/C12H19BrN2OS/c1-4-8(2)15-12(16)9(3)14-7-10-5-6-11(13)17-10/h5-6,8-9,14H,4,7H2,1-3H3,(H,15,16). The number of rotatable bonds is 6. The first-order valence-electron chi connectivity index (χ1n) is 5.81. The quantitative estimate of drug-likeness (QED) is 0.846. The Kier molecular flexibility index (Phi) is 6.16. The van der Waals surface area contributed by atoms with Gasteiger partial charge in [0.1, 0.15) is 0 Å². The molecule has 17 heavy (non-hydrogen) atoms. The molecule has 1 rings (SSSR count). The van der Waals surface area contributed by atoms with Crippen molar-refractivity contribution in [1.82, 2.24) is 10.6 Å². The highest BCUT2D eigenvalue weighted by molar-refractivity contribution is 9.11. The number of carbonyl (C=O) groups is 1. The van der Waals surface area contributed by atoms with E-state index < -0.39 is 0 Å². The van der Waals surface area contributed by atoms with E-state index in [2.05, 4.69) is 39.6 Å². The van der Waals surface area contributed by atoms with Gasteiger partial charge in [0.15, 0.2) is 0 Å². The molecule has 2 N–H and O–H groups in total. The molecule has 0 aliphatic heterocycles. The van der Waals surface area contributed by atoms with Gasteiger partial charge in [0.2, 0.25) is 5.91 Å². The van der Waals surface area contributed by atoms with E-state index in [1.807, 2.05) is 19.9 Å². The van der Waals surface area contributed by atoms with Crippen molar-refractivity contribution in [2.75, 3.05) is 0 Å². The summed E-state index contributed by atoms with van der Waals surface area (Å²) in [5, 5.41) is 6.18. The van der Waals surface area contributed by atoms with Crippen molar-refractivity contribution in [3.8, 4) is 0 Å². The summed E-state index contributed by atoms with van der Waals surface area (Å²) in [5.74, 6) is 0.0648. The van der Waals surface area contributed by atoms with Crippen molar-refractivity contribution in [3.05, 3.63) is 20.8 Å². The van der Waals surface area contributed by atoms with Crippen LogP contribution in [0.5, 0.6) is 0 Å². The Hall–Kier alpha value is -0.390. The van der Waals surface area contributed by atoms with Crippen molar-refractivity contribution in [1.29, 1.82) is 0 Å². The summed E-state index contributed by atoms with van der Waals surface area (Å²) >= 11 is 5.10. The van der Waals surface area contributed by atoms with Gasteiger partial charge in [-0.3, -0.25) is 4.79 Å². The van der Waals surface area contributed by atoms with Gasteiger partial charge in [-0.25, -0.2) is 0 Å². The average Bonchev–Trinajstić information content (AvgIpc) is 2.71. The SMILES string of the molecule is CCC(C)NC(=O)C(C)NCc1ccc(Br)s1. The Labute approximate surface area is 115 Å². The number of nitrogens with one attached hydrogen (secondary N) is 2. The molecule has 0 spiro atoms. The summed E-state index contributed by atoms with van der Waals surface area (Å²) in [6.45, 7) is 6.69. The second-order valence-electron chi connectivity index (χ2n) is 4.13. The first kappa shape index (κ1) is 14.7. The molecular formula is C12H19BrN2OS. The Bertz CT molecular complexity index is 367. The number of hydrogen-bond donors (Lipinski definition) is 2. The summed E-state index contributed by atoms with van der Waals surface area (Å²) in [6, 6.07) is 4.15. The molecule has 1 aromatic heterocycles. The zero-order valence-corrected chi connectivity index (χ0v) is 12.8. The zero-order chi connectivity index (χ0) is 12.8. The monoisotopic (exact) mass is 318 g/mol. The molecule has 5 heteroatoms. The van der Waals surface area contributed by atoms with Crippen molar-refractivity contribution in [2.45, 2.75) is 45.8 Å². The smallest absolute Gasteiger partial charge is 0.237 e. The lowest BCUT2D eigenvalue weighted by Crippen LogP contribution is -2.44. The third kappa shape index (κ3) is 5.19. The third-order valence-corrected chi connectivity index (χ3v) is 4.23. The fourth-order valence-corrected chi connectivity index (χ4v) is 2.70. The summed E-state index contributed by atoms with van der Waals surface area (Å²) in [7, 11) is 0. The molecule has 3 nitrogen and oxygen atoms in total. The lowest BCUT2D eigenvalue weighted by molar-refractivity contribution is -0.123. The molecule has 0 saturated carbocycles. The van der Waals surface area contributed by atoms with Crippen molar-refractivity contribution in [2.24, 2.45) is 0 Å². The number of thiophene rings is 1. The highest BCUT2D eigenvalue weighted by Crippen LogP contribution is 2.21. The lowest BCUT2D eigenvalue weighted by atomic mass is 10.2.